The second-order valence-electron chi connectivity index (χ2n) is 7.00. The Morgan fingerprint density at radius 3 is 2.59 bits per heavy atom. The highest BCUT2D eigenvalue weighted by Crippen LogP contribution is 2.32. The molecule has 1 aliphatic rings. The van der Waals surface area contributed by atoms with Crippen LogP contribution in [0.15, 0.2) is 51.8 Å². The van der Waals surface area contributed by atoms with Crippen molar-refractivity contribution in [1.29, 1.82) is 0 Å². The molecule has 1 aliphatic heterocycles. The molecule has 0 bridgehead atoms. The lowest BCUT2D eigenvalue weighted by Gasteiger charge is -2.34. The van der Waals surface area contributed by atoms with E-state index >= 15 is 0 Å². The van der Waals surface area contributed by atoms with E-state index in [1.165, 1.54) is 19.2 Å². The van der Waals surface area contributed by atoms with Gasteiger partial charge in [0.1, 0.15) is 10.6 Å². The minimum absolute atomic E-state index is 0.0290. The molecule has 1 saturated heterocycles. The third-order valence-corrected chi connectivity index (χ3v) is 7.66. The van der Waals surface area contributed by atoms with Crippen LogP contribution in [0.5, 0.6) is 5.75 Å². The van der Waals surface area contributed by atoms with E-state index in [2.05, 4.69) is 21.2 Å². The summed E-state index contributed by atoms with van der Waals surface area (Å²) in [5.74, 6) is -0.136. The quantitative estimate of drug-likeness (QED) is 0.651. The number of piperidine rings is 1. The van der Waals surface area contributed by atoms with E-state index in [0.717, 1.165) is 30.2 Å². The maximum atomic E-state index is 13.4. The van der Waals surface area contributed by atoms with Crippen molar-refractivity contribution in [3.8, 4) is 5.75 Å². The van der Waals surface area contributed by atoms with Crippen LogP contribution in [0.3, 0.4) is 0 Å². The average Bonchev–Trinajstić information content (AvgIpc) is 2.74. The number of sulfonamides is 1. The molecular weight excluding hydrogens is 456 g/mol. The minimum atomic E-state index is -3.78. The zero-order chi connectivity index (χ0) is 21.0. The van der Waals surface area contributed by atoms with Crippen molar-refractivity contribution in [2.45, 2.75) is 43.5 Å². The van der Waals surface area contributed by atoms with Gasteiger partial charge in [0, 0.05) is 28.3 Å². The predicted molar refractivity (Wildman–Crippen MR) is 117 cm³/mol. The fraction of sp³-hybridized carbons (Fsp3) is 0.381. The molecular formula is C21H25BrN2O4S. The molecule has 2 aromatic carbocycles. The van der Waals surface area contributed by atoms with Gasteiger partial charge in [-0.2, -0.15) is 4.31 Å². The first-order valence-electron chi connectivity index (χ1n) is 9.63. The maximum absolute atomic E-state index is 13.4. The van der Waals surface area contributed by atoms with Crippen molar-refractivity contribution in [3.63, 3.8) is 0 Å². The van der Waals surface area contributed by atoms with Crippen LogP contribution < -0.4 is 10.1 Å². The Balaban J connectivity index is 1.94. The van der Waals surface area contributed by atoms with E-state index in [1.54, 1.807) is 22.5 Å². The number of nitrogens with zero attached hydrogens (tertiary/aromatic N) is 1. The summed E-state index contributed by atoms with van der Waals surface area (Å²) in [6.07, 6.45) is 3.46. The Bertz CT molecular complexity index is 977. The molecule has 2 aromatic rings. The molecule has 0 radical (unpaired) electrons. The second-order valence-corrected chi connectivity index (χ2v) is 9.77. The number of methoxy groups -OCH3 is 1. The highest BCUT2D eigenvalue weighted by atomic mass is 79.9. The molecule has 1 fully saturated rings. The van der Waals surface area contributed by atoms with Crippen LogP contribution in [0.1, 0.15) is 43.0 Å². The number of rotatable bonds is 6. The number of halogens is 1. The van der Waals surface area contributed by atoms with Crippen LogP contribution in [0, 0.1) is 0 Å². The van der Waals surface area contributed by atoms with Gasteiger partial charge in [-0.15, -0.1) is 0 Å². The van der Waals surface area contributed by atoms with Gasteiger partial charge in [0.2, 0.25) is 10.0 Å². The Morgan fingerprint density at radius 1 is 1.21 bits per heavy atom. The lowest BCUT2D eigenvalue weighted by atomic mass is 10.0. The van der Waals surface area contributed by atoms with Crippen molar-refractivity contribution in [2.24, 2.45) is 0 Å². The van der Waals surface area contributed by atoms with Gasteiger partial charge in [-0.3, -0.25) is 4.79 Å². The molecule has 0 spiro atoms. The lowest BCUT2D eigenvalue weighted by Crippen LogP contribution is -2.43. The van der Waals surface area contributed by atoms with Crippen LogP contribution in [0.4, 0.5) is 5.69 Å². The molecule has 1 unspecified atom stereocenters. The van der Waals surface area contributed by atoms with Gasteiger partial charge in [0.05, 0.1) is 7.11 Å². The Labute approximate surface area is 180 Å². The summed E-state index contributed by atoms with van der Waals surface area (Å²) in [6.45, 7) is 2.48. The summed E-state index contributed by atoms with van der Waals surface area (Å²) in [6, 6.07) is 11.7. The van der Waals surface area contributed by atoms with Crippen LogP contribution in [0.25, 0.3) is 0 Å². The first kappa shape index (κ1) is 21.8. The zero-order valence-electron chi connectivity index (χ0n) is 16.5. The number of hydrogen-bond acceptors (Lipinski definition) is 4. The first-order chi connectivity index (χ1) is 13.9. The molecule has 0 aliphatic carbocycles. The number of hydrogen-bond donors (Lipinski definition) is 1. The Morgan fingerprint density at radius 2 is 1.93 bits per heavy atom. The number of amides is 1. The predicted octanol–water partition coefficient (Wildman–Crippen LogP) is 4.66. The van der Waals surface area contributed by atoms with Gasteiger partial charge < -0.3 is 10.1 Å². The van der Waals surface area contributed by atoms with Crippen molar-refractivity contribution < 1.29 is 17.9 Å². The molecule has 8 heteroatoms. The topological polar surface area (TPSA) is 75.7 Å². The summed E-state index contributed by atoms with van der Waals surface area (Å²) in [4.78, 5) is 12.7. The zero-order valence-corrected chi connectivity index (χ0v) is 18.9. The molecule has 1 heterocycles. The summed E-state index contributed by atoms with van der Waals surface area (Å²) in [7, 11) is -2.34. The number of ether oxygens (including phenoxy) is 1. The molecule has 1 N–H and O–H groups in total. The average molecular weight is 481 g/mol. The van der Waals surface area contributed by atoms with E-state index in [1.807, 2.05) is 19.1 Å². The molecule has 29 heavy (non-hydrogen) atoms. The summed E-state index contributed by atoms with van der Waals surface area (Å²) in [5, 5.41) is 2.79. The maximum Gasteiger partial charge on any atom is 0.255 e. The van der Waals surface area contributed by atoms with Gasteiger partial charge in [-0.25, -0.2) is 8.42 Å². The lowest BCUT2D eigenvalue weighted by molar-refractivity contribution is 0.102. The second kappa shape index (κ2) is 9.28. The minimum Gasteiger partial charge on any atom is -0.495 e. The molecule has 156 valence electrons. The number of carbonyl (C=O) groups is 1. The fourth-order valence-corrected chi connectivity index (χ4v) is 5.80. The van der Waals surface area contributed by atoms with E-state index in [-0.39, 0.29) is 28.2 Å². The monoisotopic (exact) mass is 480 g/mol. The van der Waals surface area contributed by atoms with E-state index in [9.17, 15) is 13.2 Å². The van der Waals surface area contributed by atoms with Crippen LogP contribution in [-0.4, -0.2) is 38.3 Å². The third kappa shape index (κ3) is 4.82. The number of anilines is 1. The van der Waals surface area contributed by atoms with Crippen LogP contribution >= 0.6 is 15.9 Å². The number of nitrogens with one attached hydrogen (secondary N) is 1. The van der Waals surface area contributed by atoms with Gasteiger partial charge in [-0.05, 0) is 61.7 Å². The van der Waals surface area contributed by atoms with Gasteiger partial charge >= 0.3 is 0 Å². The first-order valence-corrected chi connectivity index (χ1v) is 11.9. The fourth-order valence-electron chi connectivity index (χ4n) is 3.58. The van der Waals surface area contributed by atoms with Gasteiger partial charge in [0.25, 0.3) is 5.91 Å². The largest absolute Gasteiger partial charge is 0.495 e. The molecule has 3 rings (SSSR count). The highest BCUT2D eigenvalue weighted by Gasteiger charge is 2.34. The smallest absolute Gasteiger partial charge is 0.255 e. The van der Waals surface area contributed by atoms with Crippen molar-refractivity contribution >= 4 is 37.5 Å². The molecule has 6 nitrogen and oxygen atoms in total. The molecule has 0 saturated carbocycles. The van der Waals surface area contributed by atoms with Crippen LogP contribution in [0.2, 0.25) is 0 Å². The summed E-state index contributed by atoms with van der Waals surface area (Å²) < 4.78 is 34.6. The normalized spacial score (nSPS) is 17.7. The standard InChI is InChI=1S/C21H25BrN2O4S/c1-3-18-6-4-5-13-24(18)29(26,27)20-14-15(7-12-19(20)28-2)21(25)23-17-10-8-16(22)9-11-17/h7-12,14,18H,3-6,13H2,1-2H3,(H,23,25). The van der Waals surface area contributed by atoms with E-state index < -0.39 is 10.0 Å². The Kier molecular flexibility index (Phi) is 6.97. The molecule has 1 amide bonds. The summed E-state index contributed by atoms with van der Waals surface area (Å²) in [5.41, 5.74) is 0.887. The van der Waals surface area contributed by atoms with E-state index in [0.29, 0.717) is 12.2 Å². The molecule has 1 atom stereocenters. The summed E-state index contributed by atoms with van der Waals surface area (Å²) >= 11 is 3.35. The Hall–Kier alpha value is -1.90. The van der Waals surface area contributed by atoms with Crippen molar-refractivity contribution in [1.82, 2.24) is 4.31 Å². The third-order valence-electron chi connectivity index (χ3n) is 5.16. The SMILES string of the molecule is CCC1CCCCN1S(=O)(=O)c1cc(C(=O)Nc2ccc(Br)cc2)ccc1OC. The van der Waals surface area contributed by atoms with Crippen molar-refractivity contribution in [3.05, 3.63) is 52.5 Å². The van der Waals surface area contributed by atoms with Crippen LogP contribution in [-0.2, 0) is 10.0 Å². The molecule has 0 aromatic heterocycles. The number of carbonyl (C=O) groups excluding carboxylic acids is 1. The highest BCUT2D eigenvalue weighted by molar-refractivity contribution is 9.10. The number of benzene rings is 2. The van der Waals surface area contributed by atoms with Gasteiger partial charge in [-0.1, -0.05) is 29.3 Å². The van der Waals surface area contributed by atoms with Crippen molar-refractivity contribution in [2.75, 3.05) is 19.0 Å². The van der Waals surface area contributed by atoms with Gasteiger partial charge in [0.15, 0.2) is 0 Å². The van der Waals surface area contributed by atoms with E-state index in [4.69, 9.17) is 4.74 Å².